The molecular formula is C22H33ClN2O2Si. The van der Waals surface area contributed by atoms with E-state index >= 15 is 0 Å². The van der Waals surface area contributed by atoms with Crippen LogP contribution in [-0.4, -0.2) is 24.2 Å². The van der Waals surface area contributed by atoms with Crippen LogP contribution in [0.25, 0.3) is 5.69 Å². The second-order valence-corrected chi connectivity index (χ2v) is 14.0. The average molecular weight is 421 g/mol. The van der Waals surface area contributed by atoms with Gasteiger partial charge in [-0.25, -0.2) is 4.98 Å². The van der Waals surface area contributed by atoms with Crippen molar-refractivity contribution in [2.24, 2.45) is 0 Å². The highest BCUT2D eigenvalue weighted by molar-refractivity contribution is 6.74. The molecule has 6 heteroatoms. The minimum atomic E-state index is -2.00. The number of unbranched alkanes of at least 4 members (excludes halogenated alkanes) is 1. The fourth-order valence-electron chi connectivity index (χ4n) is 2.99. The van der Waals surface area contributed by atoms with Crippen molar-refractivity contribution in [1.29, 1.82) is 0 Å². The van der Waals surface area contributed by atoms with E-state index in [1.807, 2.05) is 35.8 Å². The van der Waals surface area contributed by atoms with Crippen LogP contribution in [0, 0.1) is 0 Å². The molecule has 2 rings (SSSR count). The fraction of sp³-hybridized carbons (Fsp3) is 0.545. The zero-order valence-corrected chi connectivity index (χ0v) is 19.9. The predicted molar refractivity (Wildman–Crippen MR) is 119 cm³/mol. The van der Waals surface area contributed by atoms with Crippen LogP contribution in [0.15, 0.2) is 24.3 Å². The number of carbonyl (C=O) groups is 1. The average Bonchev–Trinajstić information content (AvgIpc) is 2.97. The third-order valence-corrected chi connectivity index (χ3v) is 10.5. The Bertz CT molecular complexity index is 824. The standard InChI is InChI=1S/C22H33ClN2O2Si/c1-8-9-14-20-24-21(16(2)27-28(6,7)22(3,4)5)19(15-26)25(20)18-13-11-10-12-17(18)23/h10-13,15-16H,8-9,14H2,1-7H3. The number of aromatic nitrogens is 2. The molecule has 1 unspecified atom stereocenters. The summed E-state index contributed by atoms with van der Waals surface area (Å²) in [5, 5.41) is 0.684. The van der Waals surface area contributed by atoms with E-state index in [2.05, 4.69) is 40.8 Å². The second kappa shape index (κ2) is 8.93. The summed E-state index contributed by atoms with van der Waals surface area (Å²) in [5.74, 6) is 0.859. The molecule has 0 spiro atoms. The molecule has 0 amide bonds. The Balaban J connectivity index is 2.57. The van der Waals surface area contributed by atoms with Crippen LogP contribution >= 0.6 is 11.6 Å². The lowest BCUT2D eigenvalue weighted by Crippen LogP contribution is -2.41. The lowest BCUT2D eigenvalue weighted by Gasteiger charge is -2.38. The van der Waals surface area contributed by atoms with Gasteiger partial charge in [-0.2, -0.15) is 0 Å². The topological polar surface area (TPSA) is 44.1 Å². The Labute approximate surface area is 175 Å². The summed E-state index contributed by atoms with van der Waals surface area (Å²) in [5.41, 5.74) is 2.02. The van der Waals surface area contributed by atoms with Gasteiger partial charge in [0.05, 0.1) is 22.5 Å². The summed E-state index contributed by atoms with van der Waals surface area (Å²) < 4.78 is 8.45. The smallest absolute Gasteiger partial charge is 0.192 e. The summed E-state index contributed by atoms with van der Waals surface area (Å²) in [4.78, 5) is 17.0. The van der Waals surface area contributed by atoms with Gasteiger partial charge in [-0.1, -0.05) is 57.8 Å². The Kier molecular flexibility index (Phi) is 7.29. The summed E-state index contributed by atoms with van der Waals surface area (Å²) in [6.45, 7) is 15.2. The highest BCUT2D eigenvalue weighted by Crippen LogP contribution is 2.40. The van der Waals surface area contributed by atoms with Gasteiger partial charge in [0.1, 0.15) is 11.5 Å². The SMILES string of the molecule is CCCCc1nc(C(C)O[Si](C)(C)C(C)(C)C)c(C=O)n1-c1ccccc1Cl. The van der Waals surface area contributed by atoms with Crippen molar-refractivity contribution < 1.29 is 9.22 Å². The van der Waals surface area contributed by atoms with E-state index in [0.717, 1.165) is 37.1 Å². The molecule has 2 aromatic rings. The molecule has 0 N–H and O–H groups in total. The first kappa shape index (κ1) is 22.9. The van der Waals surface area contributed by atoms with E-state index in [4.69, 9.17) is 21.0 Å². The highest BCUT2D eigenvalue weighted by atomic mass is 35.5. The van der Waals surface area contributed by atoms with E-state index in [1.165, 1.54) is 0 Å². The van der Waals surface area contributed by atoms with Gasteiger partial charge in [-0.15, -0.1) is 0 Å². The van der Waals surface area contributed by atoms with E-state index in [-0.39, 0.29) is 11.1 Å². The Morgan fingerprint density at radius 1 is 1.29 bits per heavy atom. The molecule has 0 aliphatic heterocycles. The van der Waals surface area contributed by atoms with E-state index in [1.54, 1.807) is 0 Å². The van der Waals surface area contributed by atoms with Crippen molar-refractivity contribution >= 4 is 26.2 Å². The molecular weight excluding hydrogens is 388 g/mol. The van der Waals surface area contributed by atoms with Gasteiger partial charge in [0, 0.05) is 6.42 Å². The molecule has 1 aromatic carbocycles. The van der Waals surface area contributed by atoms with Crippen molar-refractivity contribution in [2.75, 3.05) is 0 Å². The molecule has 0 aliphatic carbocycles. The number of nitrogens with zero attached hydrogens (tertiary/aromatic N) is 2. The number of halogens is 1. The molecule has 1 aromatic heterocycles. The second-order valence-electron chi connectivity index (χ2n) is 8.83. The third-order valence-electron chi connectivity index (χ3n) is 5.63. The van der Waals surface area contributed by atoms with Crippen LogP contribution in [0.5, 0.6) is 0 Å². The van der Waals surface area contributed by atoms with Gasteiger partial charge in [0.2, 0.25) is 0 Å². The number of hydrogen-bond donors (Lipinski definition) is 0. The minimum absolute atomic E-state index is 0.0823. The molecule has 0 saturated heterocycles. The maximum Gasteiger partial charge on any atom is 0.192 e. The number of hydrogen-bond acceptors (Lipinski definition) is 3. The lowest BCUT2D eigenvalue weighted by atomic mass is 10.2. The summed E-state index contributed by atoms with van der Waals surface area (Å²) in [6.07, 6.45) is 3.46. The van der Waals surface area contributed by atoms with E-state index in [0.29, 0.717) is 16.4 Å². The lowest BCUT2D eigenvalue weighted by molar-refractivity contribution is 0.111. The molecule has 0 bridgehead atoms. The molecule has 1 heterocycles. The molecule has 28 heavy (non-hydrogen) atoms. The largest absolute Gasteiger partial charge is 0.409 e. The fourth-order valence-corrected chi connectivity index (χ4v) is 4.56. The molecule has 0 saturated carbocycles. The Hall–Kier alpha value is -1.43. The van der Waals surface area contributed by atoms with Crippen molar-refractivity contribution in [2.45, 2.75) is 78.1 Å². The number of imidazole rings is 1. The van der Waals surface area contributed by atoms with Crippen molar-refractivity contribution in [3.63, 3.8) is 0 Å². The van der Waals surface area contributed by atoms with Gasteiger partial charge < -0.3 is 4.43 Å². The maximum atomic E-state index is 12.1. The molecule has 0 fully saturated rings. The van der Waals surface area contributed by atoms with Crippen molar-refractivity contribution in [3.8, 4) is 5.69 Å². The number of carbonyl (C=O) groups excluding carboxylic acids is 1. The van der Waals surface area contributed by atoms with Crippen LogP contribution in [-0.2, 0) is 10.8 Å². The Morgan fingerprint density at radius 2 is 1.93 bits per heavy atom. The van der Waals surface area contributed by atoms with Gasteiger partial charge in [-0.3, -0.25) is 9.36 Å². The normalized spacial score (nSPS) is 13.6. The third kappa shape index (κ3) is 4.76. The molecule has 0 aliphatic rings. The summed E-state index contributed by atoms with van der Waals surface area (Å²) >= 11 is 6.46. The first-order valence-electron chi connectivity index (χ1n) is 10.0. The quantitative estimate of drug-likeness (QED) is 0.349. The van der Waals surface area contributed by atoms with Gasteiger partial charge in [0.25, 0.3) is 0 Å². The van der Waals surface area contributed by atoms with Crippen molar-refractivity contribution in [3.05, 3.63) is 46.5 Å². The summed E-state index contributed by atoms with van der Waals surface area (Å²) in [7, 11) is -2.00. The zero-order valence-electron chi connectivity index (χ0n) is 18.2. The highest BCUT2D eigenvalue weighted by Gasteiger charge is 2.39. The van der Waals surface area contributed by atoms with Crippen LogP contribution in [0.2, 0.25) is 23.2 Å². The number of aldehydes is 1. The number of rotatable bonds is 8. The van der Waals surface area contributed by atoms with Crippen LogP contribution in [0.3, 0.4) is 0 Å². The van der Waals surface area contributed by atoms with Crippen LogP contribution in [0.1, 0.15) is 75.6 Å². The maximum absolute atomic E-state index is 12.1. The zero-order chi connectivity index (χ0) is 21.1. The monoisotopic (exact) mass is 420 g/mol. The first-order valence-corrected chi connectivity index (χ1v) is 13.3. The van der Waals surface area contributed by atoms with Gasteiger partial charge >= 0.3 is 0 Å². The van der Waals surface area contributed by atoms with Crippen LogP contribution < -0.4 is 0 Å². The summed E-state index contributed by atoms with van der Waals surface area (Å²) in [6, 6.07) is 7.58. The van der Waals surface area contributed by atoms with Crippen LogP contribution in [0.4, 0.5) is 0 Å². The molecule has 1 atom stereocenters. The molecule has 154 valence electrons. The predicted octanol–water partition coefficient (Wildman–Crippen LogP) is 6.76. The van der Waals surface area contributed by atoms with Gasteiger partial charge in [0.15, 0.2) is 14.6 Å². The minimum Gasteiger partial charge on any atom is -0.409 e. The van der Waals surface area contributed by atoms with Gasteiger partial charge in [-0.05, 0) is 43.6 Å². The molecule has 0 radical (unpaired) electrons. The molecule has 4 nitrogen and oxygen atoms in total. The van der Waals surface area contributed by atoms with Crippen molar-refractivity contribution in [1.82, 2.24) is 9.55 Å². The van der Waals surface area contributed by atoms with E-state index < -0.39 is 8.32 Å². The Morgan fingerprint density at radius 3 is 2.46 bits per heavy atom. The first-order chi connectivity index (χ1) is 13.0. The van der Waals surface area contributed by atoms with E-state index in [9.17, 15) is 4.79 Å². The number of aryl methyl sites for hydroxylation is 1. The number of benzene rings is 1. The number of para-hydroxylation sites is 1.